The highest BCUT2D eigenvalue weighted by Crippen LogP contribution is 2.32. The van der Waals surface area contributed by atoms with Gasteiger partial charge in [-0.05, 0) is 40.2 Å². The van der Waals surface area contributed by atoms with E-state index in [1.165, 1.54) is 0 Å². The summed E-state index contributed by atoms with van der Waals surface area (Å²) in [6, 6.07) is 10.1. The normalized spacial score (nSPS) is 24.8. The second kappa shape index (κ2) is 6.53. The second-order valence-corrected chi connectivity index (χ2v) is 6.35. The van der Waals surface area contributed by atoms with Crippen LogP contribution in [-0.4, -0.2) is 22.6 Å². The first-order valence-corrected chi connectivity index (χ1v) is 7.82. The highest BCUT2D eigenvalue weighted by Gasteiger charge is 2.40. The maximum atomic E-state index is 12.0. The van der Waals surface area contributed by atoms with Crippen LogP contribution in [-0.2, 0) is 9.63 Å². The molecule has 1 heterocycles. The summed E-state index contributed by atoms with van der Waals surface area (Å²) in [4.78, 5) is 18.3. The number of amides is 1. The van der Waals surface area contributed by atoms with Gasteiger partial charge in [-0.1, -0.05) is 36.4 Å². The first kappa shape index (κ1) is 16.6. The molecule has 4 nitrogen and oxygen atoms in total. The largest absolute Gasteiger partial charge is 0.351 e. The number of rotatable bonds is 3. The monoisotopic (exact) mass is 302 g/mol. The molecule has 0 aromatic heterocycles. The molecule has 1 saturated heterocycles. The molecule has 0 radical (unpaired) electrons. The Balaban J connectivity index is 2.29. The molecule has 1 N–H and O–H groups in total. The Labute approximate surface area is 133 Å². The summed E-state index contributed by atoms with van der Waals surface area (Å²) in [7, 11) is 0. The summed E-state index contributed by atoms with van der Waals surface area (Å²) in [5.41, 5.74) is 1.68. The van der Waals surface area contributed by atoms with Crippen molar-refractivity contribution in [2.24, 2.45) is 0 Å². The average Bonchev–Trinajstić information content (AvgIpc) is 2.57. The summed E-state index contributed by atoms with van der Waals surface area (Å²) in [6.07, 6.45) is 2.21. The van der Waals surface area contributed by atoms with Gasteiger partial charge < -0.3 is 5.32 Å². The van der Waals surface area contributed by atoms with E-state index in [9.17, 15) is 4.79 Å². The van der Waals surface area contributed by atoms with Crippen molar-refractivity contribution in [2.45, 2.75) is 58.7 Å². The standard InChI is InChI=1S/C18H26N2O2/c1-6-16-12-17(21)19-14(3)18(4,5)20(16)22-13(2)15-10-8-7-9-11-15/h6-11,13-14H,12H2,1-5H3,(H,19,21)/b16-6+. The van der Waals surface area contributed by atoms with Gasteiger partial charge in [0.05, 0.1) is 18.0 Å². The minimum Gasteiger partial charge on any atom is -0.351 e. The Kier molecular flexibility index (Phi) is 4.91. The van der Waals surface area contributed by atoms with Crippen LogP contribution in [0.3, 0.4) is 0 Å². The maximum Gasteiger partial charge on any atom is 0.226 e. The summed E-state index contributed by atoms with van der Waals surface area (Å²) in [6.45, 7) is 10.2. The van der Waals surface area contributed by atoms with Crippen LogP contribution in [0.4, 0.5) is 0 Å². The van der Waals surface area contributed by atoms with Crippen molar-refractivity contribution in [2.75, 3.05) is 0 Å². The Hall–Kier alpha value is -1.81. The molecule has 1 aliphatic rings. The van der Waals surface area contributed by atoms with Crippen LogP contribution in [0.1, 0.15) is 52.7 Å². The minimum absolute atomic E-state index is 0.0135. The van der Waals surface area contributed by atoms with Crippen LogP contribution >= 0.6 is 0 Å². The topological polar surface area (TPSA) is 41.6 Å². The van der Waals surface area contributed by atoms with Crippen molar-refractivity contribution >= 4 is 5.91 Å². The highest BCUT2D eigenvalue weighted by molar-refractivity contribution is 5.79. The molecule has 0 spiro atoms. The summed E-state index contributed by atoms with van der Waals surface area (Å²) < 4.78 is 0. The molecule has 1 aromatic rings. The molecule has 4 heteroatoms. The number of allylic oxidation sites excluding steroid dienone is 1. The zero-order valence-electron chi connectivity index (χ0n) is 14.1. The number of carbonyl (C=O) groups is 1. The van der Waals surface area contributed by atoms with Crippen LogP contribution in [0, 0.1) is 0 Å². The molecule has 2 unspecified atom stereocenters. The minimum atomic E-state index is -0.336. The Morgan fingerprint density at radius 1 is 1.36 bits per heavy atom. The fourth-order valence-corrected chi connectivity index (χ4v) is 2.62. The average molecular weight is 302 g/mol. The van der Waals surface area contributed by atoms with Gasteiger partial charge in [-0.2, -0.15) is 0 Å². The SMILES string of the molecule is C/C=C1\CC(=O)NC(C)C(C)(C)N1OC(C)c1ccccc1. The first-order valence-electron chi connectivity index (χ1n) is 7.82. The molecular weight excluding hydrogens is 276 g/mol. The number of nitrogens with zero attached hydrogens (tertiary/aromatic N) is 1. The van der Waals surface area contributed by atoms with Gasteiger partial charge >= 0.3 is 0 Å². The van der Waals surface area contributed by atoms with Gasteiger partial charge in [0.1, 0.15) is 6.10 Å². The van der Waals surface area contributed by atoms with Gasteiger partial charge in [0.15, 0.2) is 0 Å². The van der Waals surface area contributed by atoms with Gasteiger partial charge in [0.2, 0.25) is 5.91 Å². The van der Waals surface area contributed by atoms with E-state index >= 15 is 0 Å². The third-order valence-corrected chi connectivity index (χ3v) is 4.43. The molecule has 120 valence electrons. The van der Waals surface area contributed by atoms with E-state index in [0.29, 0.717) is 6.42 Å². The predicted molar refractivity (Wildman–Crippen MR) is 87.8 cm³/mol. The molecule has 2 atom stereocenters. The van der Waals surface area contributed by atoms with E-state index in [2.05, 4.69) is 31.3 Å². The molecule has 1 aromatic carbocycles. The van der Waals surface area contributed by atoms with Gasteiger partial charge in [-0.15, -0.1) is 0 Å². The van der Waals surface area contributed by atoms with Crippen molar-refractivity contribution in [1.29, 1.82) is 0 Å². The Bertz CT molecular complexity index is 551. The lowest BCUT2D eigenvalue weighted by atomic mass is 9.95. The van der Waals surface area contributed by atoms with Gasteiger partial charge in [-0.25, -0.2) is 5.06 Å². The van der Waals surface area contributed by atoms with Crippen LogP contribution in [0.5, 0.6) is 0 Å². The number of benzene rings is 1. The van der Waals surface area contributed by atoms with Crippen LogP contribution in [0.15, 0.2) is 42.1 Å². The first-order chi connectivity index (χ1) is 10.4. The van der Waals surface area contributed by atoms with E-state index in [1.807, 2.05) is 50.1 Å². The zero-order chi connectivity index (χ0) is 16.3. The Morgan fingerprint density at radius 3 is 2.59 bits per heavy atom. The number of carbonyl (C=O) groups excluding carboxylic acids is 1. The van der Waals surface area contributed by atoms with Crippen molar-refractivity contribution in [3.8, 4) is 0 Å². The number of nitrogens with one attached hydrogen (secondary N) is 1. The van der Waals surface area contributed by atoms with E-state index in [1.54, 1.807) is 0 Å². The van der Waals surface area contributed by atoms with Crippen molar-refractivity contribution in [3.05, 3.63) is 47.7 Å². The lowest BCUT2D eigenvalue weighted by Crippen LogP contribution is -2.54. The third kappa shape index (κ3) is 3.33. The van der Waals surface area contributed by atoms with Gasteiger partial charge in [-0.3, -0.25) is 9.63 Å². The van der Waals surface area contributed by atoms with Crippen molar-refractivity contribution in [3.63, 3.8) is 0 Å². The fraction of sp³-hybridized carbons (Fsp3) is 0.500. The van der Waals surface area contributed by atoms with Crippen molar-refractivity contribution in [1.82, 2.24) is 10.4 Å². The predicted octanol–water partition coefficient (Wildman–Crippen LogP) is 3.57. The van der Waals surface area contributed by atoms with Gasteiger partial charge in [0, 0.05) is 5.70 Å². The molecule has 2 rings (SSSR count). The van der Waals surface area contributed by atoms with Crippen molar-refractivity contribution < 1.29 is 9.63 Å². The molecule has 0 aliphatic carbocycles. The van der Waals surface area contributed by atoms with E-state index in [4.69, 9.17) is 4.84 Å². The molecule has 1 aliphatic heterocycles. The molecular formula is C18H26N2O2. The molecule has 1 fully saturated rings. The van der Waals surface area contributed by atoms with E-state index < -0.39 is 0 Å². The Morgan fingerprint density at radius 2 is 2.00 bits per heavy atom. The number of hydrogen-bond acceptors (Lipinski definition) is 3. The van der Waals surface area contributed by atoms with E-state index in [0.717, 1.165) is 11.3 Å². The summed E-state index contributed by atoms with van der Waals surface area (Å²) in [5, 5.41) is 4.95. The molecule has 1 amide bonds. The van der Waals surface area contributed by atoms with E-state index in [-0.39, 0.29) is 23.6 Å². The van der Waals surface area contributed by atoms with Gasteiger partial charge in [0.25, 0.3) is 0 Å². The highest BCUT2D eigenvalue weighted by atomic mass is 16.7. The molecule has 0 bridgehead atoms. The molecule has 0 saturated carbocycles. The third-order valence-electron chi connectivity index (χ3n) is 4.43. The second-order valence-electron chi connectivity index (χ2n) is 6.35. The lowest BCUT2D eigenvalue weighted by Gasteiger charge is -2.43. The fourth-order valence-electron chi connectivity index (χ4n) is 2.62. The number of hydroxylamine groups is 2. The molecule has 22 heavy (non-hydrogen) atoms. The summed E-state index contributed by atoms with van der Waals surface area (Å²) >= 11 is 0. The quantitative estimate of drug-likeness (QED) is 0.928. The summed E-state index contributed by atoms with van der Waals surface area (Å²) in [5.74, 6) is 0.0344. The van der Waals surface area contributed by atoms with Crippen LogP contribution in [0.25, 0.3) is 0 Å². The lowest BCUT2D eigenvalue weighted by molar-refractivity contribution is -0.224. The number of hydrogen-bond donors (Lipinski definition) is 1. The smallest absolute Gasteiger partial charge is 0.226 e. The van der Waals surface area contributed by atoms with Crippen LogP contribution in [0.2, 0.25) is 0 Å². The van der Waals surface area contributed by atoms with Crippen LogP contribution < -0.4 is 5.32 Å². The maximum absolute atomic E-state index is 12.0. The zero-order valence-corrected chi connectivity index (χ0v) is 14.1.